The van der Waals surface area contributed by atoms with E-state index in [0.717, 1.165) is 41.3 Å². The van der Waals surface area contributed by atoms with Gasteiger partial charge < -0.3 is 14.4 Å². The van der Waals surface area contributed by atoms with Gasteiger partial charge in [-0.1, -0.05) is 26.0 Å². The molecular formula is C43H45F2N7O3S. The summed E-state index contributed by atoms with van der Waals surface area (Å²) in [6, 6.07) is 19.1. The Bertz CT molecular complexity index is 2280. The monoisotopic (exact) mass is 777 g/mol. The number of carbonyl (C=O) groups is 1. The third-order valence-electron chi connectivity index (χ3n) is 10.4. The molecule has 0 bridgehead atoms. The van der Waals surface area contributed by atoms with Crippen molar-refractivity contribution >= 4 is 17.2 Å². The molecule has 10 nitrogen and oxygen atoms in total. The summed E-state index contributed by atoms with van der Waals surface area (Å²) in [4.78, 5) is 31.3. The van der Waals surface area contributed by atoms with Crippen LogP contribution in [-0.2, 0) is 17.9 Å². The van der Waals surface area contributed by atoms with Gasteiger partial charge in [-0.25, -0.2) is 23.4 Å². The summed E-state index contributed by atoms with van der Waals surface area (Å²) < 4.78 is 41.9. The van der Waals surface area contributed by atoms with Crippen LogP contribution in [0.4, 0.5) is 8.78 Å². The van der Waals surface area contributed by atoms with Crippen LogP contribution >= 0.6 is 11.3 Å². The van der Waals surface area contributed by atoms with Crippen molar-refractivity contribution in [1.82, 2.24) is 34.5 Å². The van der Waals surface area contributed by atoms with Crippen molar-refractivity contribution in [3.05, 3.63) is 136 Å². The third kappa shape index (κ3) is 8.34. The lowest BCUT2D eigenvalue weighted by atomic mass is 9.99. The van der Waals surface area contributed by atoms with Gasteiger partial charge in [-0.2, -0.15) is 5.10 Å². The molecule has 0 saturated carbocycles. The summed E-state index contributed by atoms with van der Waals surface area (Å²) in [7, 11) is 3.12. The van der Waals surface area contributed by atoms with Crippen molar-refractivity contribution in [2.24, 2.45) is 11.8 Å². The number of amides is 1. The largest absolute Gasteiger partial charge is 0.496 e. The van der Waals surface area contributed by atoms with Crippen LogP contribution in [0.2, 0.25) is 0 Å². The zero-order chi connectivity index (χ0) is 39.3. The molecule has 8 rings (SSSR count). The number of ether oxygens (including phenoxy) is 2. The average Bonchev–Trinajstić information content (AvgIpc) is 4.02. The Morgan fingerprint density at radius 1 is 0.804 bits per heavy atom. The van der Waals surface area contributed by atoms with E-state index in [1.165, 1.54) is 24.1 Å². The number of aryl methyl sites for hydroxylation is 1. The van der Waals surface area contributed by atoms with Crippen molar-refractivity contribution in [1.29, 1.82) is 0 Å². The first-order chi connectivity index (χ1) is 27.1. The zero-order valence-electron chi connectivity index (χ0n) is 32.1. The van der Waals surface area contributed by atoms with Gasteiger partial charge in [0, 0.05) is 73.0 Å². The highest BCUT2D eigenvalue weighted by atomic mass is 32.1. The number of aromatic nitrogens is 5. The molecule has 0 N–H and O–H groups in total. The summed E-state index contributed by atoms with van der Waals surface area (Å²) in [6.07, 6.45) is 10.3. The highest BCUT2D eigenvalue weighted by molar-refractivity contribution is 7.14. The fourth-order valence-electron chi connectivity index (χ4n) is 7.79. The molecule has 56 heavy (non-hydrogen) atoms. The molecular weight excluding hydrogens is 733 g/mol. The Labute approximate surface area is 329 Å². The van der Waals surface area contributed by atoms with Crippen LogP contribution in [0.15, 0.2) is 97.7 Å². The lowest BCUT2D eigenvalue weighted by Gasteiger charge is -2.27. The third-order valence-corrected chi connectivity index (χ3v) is 11.3. The van der Waals surface area contributed by atoms with E-state index in [2.05, 4.69) is 37.9 Å². The second-order valence-corrected chi connectivity index (χ2v) is 15.6. The fraction of sp³-hybridized carbons (Fsp3) is 0.326. The normalized spacial score (nSPS) is 19.6. The summed E-state index contributed by atoms with van der Waals surface area (Å²) in [5, 5.41) is 5.12. The Balaban J connectivity index is 0.000000172. The highest BCUT2D eigenvalue weighted by Crippen LogP contribution is 2.43. The van der Waals surface area contributed by atoms with E-state index in [9.17, 15) is 13.6 Å². The van der Waals surface area contributed by atoms with Crippen molar-refractivity contribution in [2.45, 2.75) is 58.8 Å². The first kappa shape index (κ1) is 38.7. The maximum Gasteiger partial charge on any atom is 0.226 e. The number of benzene rings is 2. The summed E-state index contributed by atoms with van der Waals surface area (Å²) in [5.41, 5.74) is 4.06. The number of nitrogens with zero attached hydrogens (tertiary/aromatic N) is 7. The molecule has 290 valence electrons. The average molecular weight is 778 g/mol. The molecule has 4 aromatic heterocycles. The number of hydrogen-bond acceptors (Lipinski definition) is 9. The Morgan fingerprint density at radius 3 is 2.12 bits per heavy atom. The van der Waals surface area contributed by atoms with E-state index < -0.39 is 0 Å². The van der Waals surface area contributed by atoms with E-state index >= 15 is 0 Å². The molecule has 0 spiro atoms. The van der Waals surface area contributed by atoms with E-state index in [1.807, 2.05) is 62.8 Å². The van der Waals surface area contributed by atoms with Gasteiger partial charge >= 0.3 is 0 Å². The van der Waals surface area contributed by atoms with Gasteiger partial charge in [0.15, 0.2) is 5.82 Å². The minimum absolute atomic E-state index is 0.00451. The van der Waals surface area contributed by atoms with E-state index in [-0.39, 0.29) is 35.5 Å². The lowest BCUT2D eigenvalue weighted by Crippen LogP contribution is -2.29. The number of hydrogen-bond donors (Lipinski definition) is 0. The second kappa shape index (κ2) is 17.1. The topological polar surface area (TPSA) is 98.5 Å². The van der Waals surface area contributed by atoms with Crippen LogP contribution in [0.1, 0.15) is 65.9 Å². The molecule has 0 radical (unpaired) electrons. The summed E-state index contributed by atoms with van der Waals surface area (Å²) >= 11 is 1.64. The zero-order valence-corrected chi connectivity index (χ0v) is 32.9. The summed E-state index contributed by atoms with van der Waals surface area (Å²) in [5.74, 6) is 1.52. The SMILES string of the molecule is COc1cccc(F)c1C1CC(C)C(=O)N1Cc1ccnc(-n2cccn2)c1.COc1cccc(F)c1C1CC(C)CN1Cc1ccnc(-c2ncc(C)s2)c1. The quantitative estimate of drug-likeness (QED) is 0.136. The predicted octanol–water partition coefficient (Wildman–Crippen LogP) is 8.77. The Hall–Kier alpha value is -5.53. The molecule has 2 aromatic carbocycles. The number of halogens is 2. The van der Waals surface area contributed by atoms with E-state index in [0.29, 0.717) is 47.3 Å². The van der Waals surface area contributed by atoms with Crippen molar-refractivity contribution < 1.29 is 23.0 Å². The minimum Gasteiger partial charge on any atom is -0.496 e. The maximum atomic E-state index is 14.7. The van der Waals surface area contributed by atoms with Crippen LogP contribution in [-0.4, -0.2) is 61.2 Å². The number of pyridine rings is 2. The summed E-state index contributed by atoms with van der Waals surface area (Å²) in [6.45, 7) is 8.18. The van der Waals surface area contributed by atoms with Crippen LogP contribution in [0.5, 0.6) is 11.5 Å². The smallest absolute Gasteiger partial charge is 0.226 e. The molecule has 4 atom stereocenters. The lowest BCUT2D eigenvalue weighted by molar-refractivity contribution is -0.132. The van der Waals surface area contributed by atoms with Crippen molar-refractivity contribution in [3.63, 3.8) is 0 Å². The van der Waals surface area contributed by atoms with Crippen molar-refractivity contribution in [2.75, 3.05) is 20.8 Å². The first-order valence-electron chi connectivity index (χ1n) is 18.7. The molecule has 0 aliphatic carbocycles. The van der Waals surface area contributed by atoms with Crippen LogP contribution < -0.4 is 9.47 Å². The molecule has 4 unspecified atom stereocenters. The molecule has 2 aliphatic heterocycles. The van der Waals surface area contributed by atoms with Gasteiger partial charge in [0.25, 0.3) is 0 Å². The fourth-order valence-corrected chi connectivity index (χ4v) is 8.52. The van der Waals surface area contributed by atoms with Gasteiger partial charge in [-0.15, -0.1) is 11.3 Å². The minimum atomic E-state index is -0.375. The van der Waals surface area contributed by atoms with Crippen LogP contribution in [0, 0.1) is 30.4 Å². The molecule has 6 aromatic rings. The van der Waals surface area contributed by atoms with Crippen LogP contribution in [0.25, 0.3) is 16.5 Å². The maximum absolute atomic E-state index is 14.7. The van der Waals surface area contributed by atoms with Gasteiger partial charge in [-0.05, 0) is 91.4 Å². The molecule has 2 saturated heterocycles. The van der Waals surface area contributed by atoms with E-state index in [4.69, 9.17) is 9.47 Å². The highest BCUT2D eigenvalue weighted by Gasteiger charge is 2.40. The Morgan fingerprint density at radius 2 is 1.48 bits per heavy atom. The van der Waals surface area contributed by atoms with Gasteiger partial charge in [0.1, 0.15) is 28.1 Å². The number of likely N-dealkylation sites (tertiary alicyclic amines) is 2. The molecule has 1 amide bonds. The molecule has 2 fully saturated rings. The first-order valence-corrected chi connectivity index (χ1v) is 19.5. The number of thiazole rings is 1. The Kier molecular flexibility index (Phi) is 11.8. The molecule has 13 heteroatoms. The van der Waals surface area contributed by atoms with Crippen molar-refractivity contribution in [3.8, 4) is 28.0 Å². The second-order valence-electron chi connectivity index (χ2n) is 14.4. The molecule has 6 heterocycles. The van der Waals surface area contributed by atoms with E-state index in [1.54, 1.807) is 58.6 Å². The van der Waals surface area contributed by atoms with Crippen LogP contribution in [0.3, 0.4) is 0 Å². The van der Waals surface area contributed by atoms with Gasteiger partial charge in [-0.3, -0.25) is 14.7 Å². The predicted molar refractivity (Wildman–Crippen MR) is 211 cm³/mol. The van der Waals surface area contributed by atoms with Gasteiger partial charge in [0.05, 0.1) is 31.5 Å². The molecule has 2 aliphatic rings. The number of carbonyl (C=O) groups excluding carboxylic acids is 1. The number of rotatable bonds is 10. The van der Waals surface area contributed by atoms with Gasteiger partial charge in [0.2, 0.25) is 5.91 Å². The standard InChI is InChI=1S/C22H24FN3OS.C21H21FN4O2/c1-14-9-19(21-17(23)5-4-6-20(21)27-3)26(12-14)13-16-7-8-24-18(10-16)22-25-11-15(2)28-22;1-14-11-17(20-16(22)5-3-6-18(20)28-2)25(21(14)27)13-15-7-9-23-19(12-15)26-10-4-8-24-26/h4-8,10-11,14,19H,9,12-13H2,1-3H3;3-10,12,14,17H,11,13H2,1-2H3. The number of methoxy groups -OCH3 is 2.